The van der Waals surface area contributed by atoms with Gasteiger partial charge >= 0.3 is 0 Å². The van der Waals surface area contributed by atoms with Crippen LogP contribution in [0.25, 0.3) is 10.9 Å². The van der Waals surface area contributed by atoms with Crippen LogP contribution in [0.2, 0.25) is 0 Å². The van der Waals surface area contributed by atoms with E-state index in [1.807, 2.05) is 30.0 Å². The number of fused-ring (bicyclic) bond motifs is 1. The van der Waals surface area contributed by atoms with Gasteiger partial charge in [0, 0.05) is 66.8 Å². The molecule has 3 N–H and O–H groups in total. The zero-order chi connectivity index (χ0) is 23.5. The van der Waals surface area contributed by atoms with Crippen molar-refractivity contribution in [2.45, 2.75) is 13.8 Å². The number of thioether (sulfide) groups is 1. The number of amides is 1. The van der Waals surface area contributed by atoms with E-state index in [0.717, 1.165) is 79.9 Å². The van der Waals surface area contributed by atoms with Crippen LogP contribution in [-0.2, 0) is 4.74 Å². The number of carbonyl (C=O) groups excluding carboxylic acids is 1. The van der Waals surface area contributed by atoms with E-state index >= 15 is 0 Å². The predicted octanol–water partition coefficient (Wildman–Crippen LogP) is 3.08. The lowest BCUT2D eigenvalue weighted by Crippen LogP contribution is -2.39. The molecule has 0 saturated carbocycles. The first kappa shape index (κ1) is 22.9. The second kappa shape index (κ2) is 10.2. The summed E-state index contributed by atoms with van der Waals surface area (Å²) in [6.07, 6.45) is 0. The van der Waals surface area contributed by atoms with E-state index in [0.29, 0.717) is 17.5 Å². The fourth-order valence-electron chi connectivity index (χ4n) is 4.26. The molecule has 4 heterocycles. The van der Waals surface area contributed by atoms with Gasteiger partial charge < -0.3 is 25.3 Å². The molecule has 10 heteroatoms. The summed E-state index contributed by atoms with van der Waals surface area (Å²) in [4.78, 5) is 30.4. The van der Waals surface area contributed by atoms with Crippen LogP contribution in [0.1, 0.15) is 21.7 Å². The summed E-state index contributed by atoms with van der Waals surface area (Å²) < 4.78 is 5.42. The number of morpholine rings is 1. The van der Waals surface area contributed by atoms with Crippen molar-refractivity contribution in [1.82, 2.24) is 19.9 Å². The smallest absolute Gasteiger partial charge is 0.274 e. The quantitative estimate of drug-likeness (QED) is 0.474. The highest BCUT2D eigenvalue weighted by Crippen LogP contribution is 2.25. The number of ether oxygens (including phenoxy) is 1. The molecule has 0 radical (unpaired) electrons. The average molecular weight is 482 g/mol. The highest BCUT2D eigenvalue weighted by atomic mass is 32.2. The highest BCUT2D eigenvalue weighted by molar-refractivity contribution is 7.99. The van der Waals surface area contributed by atoms with E-state index in [1.54, 1.807) is 6.07 Å². The molecule has 34 heavy (non-hydrogen) atoms. The Kier molecular flexibility index (Phi) is 6.89. The molecule has 2 aromatic heterocycles. The fraction of sp³-hybridized carbons (Fsp3) is 0.458. The molecule has 0 unspecified atom stereocenters. The van der Waals surface area contributed by atoms with Gasteiger partial charge in [-0.05, 0) is 37.6 Å². The molecule has 2 fully saturated rings. The molecule has 2 aliphatic heterocycles. The van der Waals surface area contributed by atoms with Gasteiger partial charge in [-0.3, -0.25) is 9.69 Å². The van der Waals surface area contributed by atoms with Crippen molar-refractivity contribution >= 4 is 46.0 Å². The second-order valence-electron chi connectivity index (χ2n) is 8.71. The van der Waals surface area contributed by atoms with Crippen LogP contribution in [-0.4, -0.2) is 83.3 Å². The van der Waals surface area contributed by atoms with Gasteiger partial charge in [0.15, 0.2) is 0 Å². The number of rotatable bonds is 7. The van der Waals surface area contributed by atoms with Crippen molar-refractivity contribution in [2.75, 3.05) is 73.1 Å². The van der Waals surface area contributed by atoms with E-state index in [4.69, 9.17) is 9.72 Å². The molecule has 180 valence electrons. The van der Waals surface area contributed by atoms with Crippen molar-refractivity contribution in [3.8, 4) is 0 Å². The average Bonchev–Trinajstić information content (AvgIpc) is 3.49. The number of benzene rings is 1. The molecular weight excluding hydrogens is 450 g/mol. The lowest BCUT2D eigenvalue weighted by molar-refractivity contribution is 0.0398. The number of aryl methyl sites for hydroxylation is 2. The number of nitrogens with one attached hydrogen (secondary N) is 3. The first-order valence-electron chi connectivity index (χ1n) is 11.7. The van der Waals surface area contributed by atoms with Gasteiger partial charge in [0.25, 0.3) is 5.91 Å². The maximum atomic E-state index is 13.2. The lowest BCUT2D eigenvalue weighted by atomic mass is 10.1. The Labute approximate surface area is 203 Å². The molecule has 0 atom stereocenters. The summed E-state index contributed by atoms with van der Waals surface area (Å²) in [6.45, 7) is 10.1. The molecular formula is C24H31N7O2S. The lowest BCUT2D eigenvalue weighted by Gasteiger charge is -2.26. The monoisotopic (exact) mass is 481 g/mol. The largest absolute Gasteiger partial charge is 0.379 e. The van der Waals surface area contributed by atoms with E-state index in [1.165, 1.54) is 5.56 Å². The Morgan fingerprint density at radius 1 is 1.18 bits per heavy atom. The van der Waals surface area contributed by atoms with Crippen LogP contribution in [0, 0.1) is 13.8 Å². The Morgan fingerprint density at radius 3 is 2.82 bits per heavy atom. The maximum absolute atomic E-state index is 13.2. The van der Waals surface area contributed by atoms with Gasteiger partial charge in [0.1, 0.15) is 11.5 Å². The Morgan fingerprint density at radius 2 is 2.03 bits per heavy atom. The van der Waals surface area contributed by atoms with E-state index in [-0.39, 0.29) is 5.91 Å². The number of nitrogens with zero attached hydrogens (tertiary/aromatic N) is 4. The minimum absolute atomic E-state index is 0.240. The third-order valence-corrected chi connectivity index (χ3v) is 7.35. The van der Waals surface area contributed by atoms with Gasteiger partial charge in [-0.1, -0.05) is 0 Å². The zero-order valence-corrected chi connectivity index (χ0v) is 20.5. The summed E-state index contributed by atoms with van der Waals surface area (Å²) in [7, 11) is 0. The van der Waals surface area contributed by atoms with Crippen molar-refractivity contribution in [3.05, 3.63) is 41.2 Å². The normalized spacial score (nSPS) is 16.8. The minimum Gasteiger partial charge on any atom is -0.379 e. The summed E-state index contributed by atoms with van der Waals surface area (Å²) in [5.74, 6) is 2.90. The molecule has 0 bridgehead atoms. The molecule has 9 nitrogen and oxygen atoms in total. The Bertz CT molecular complexity index is 1170. The van der Waals surface area contributed by atoms with E-state index in [9.17, 15) is 4.79 Å². The van der Waals surface area contributed by atoms with E-state index < -0.39 is 0 Å². The van der Waals surface area contributed by atoms with Gasteiger partial charge in [-0.25, -0.2) is 4.98 Å². The molecule has 5 rings (SSSR count). The number of aromatic amines is 1. The van der Waals surface area contributed by atoms with Crippen molar-refractivity contribution in [1.29, 1.82) is 0 Å². The first-order valence-corrected chi connectivity index (χ1v) is 12.9. The van der Waals surface area contributed by atoms with Crippen molar-refractivity contribution < 1.29 is 9.53 Å². The molecule has 2 aliphatic rings. The van der Waals surface area contributed by atoms with Crippen LogP contribution < -0.4 is 15.5 Å². The third kappa shape index (κ3) is 5.13. The molecule has 2 saturated heterocycles. The minimum atomic E-state index is -0.240. The summed E-state index contributed by atoms with van der Waals surface area (Å²) in [5, 5.41) is 7.53. The standard InChI is InChI=1S/C24H31N7O2S/c1-16-17(2)26-20-4-3-18(13-19(16)20)27-23(32)21-14-22(25-5-6-30-7-10-33-11-8-30)29-24(28-21)31-9-12-34-15-31/h3-4,13-14,26H,5-12,15H2,1-2H3,(H,27,32)(H,25,28,29). The number of aromatic nitrogens is 3. The first-order chi connectivity index (χ1) is 16.6. The van der Waals surface area contributed by atoms with Crippen molar-refractivity contribution in [2.24, 2.45) is 0 Å². The summed E-state index contributed by atoms with van der Waals surface area (Å²) in [6, 6.07) is 7.66. The number of hydrogen-bond donors (Lipinski definition) is 3. The molecule has 0 aliphatic carbocycles. The van der Waals surface area contributed by atoms with Crippen LogP contribution in [0.15, 0.2) is 24.3 Å². The third-order valence-electron chi connectivity index (χ3n) is 6.39. The molecule has 1 amide bonds. The molecule has 0 spiro atoms. The highest BCUT2D eigenvalue weighted by Gasteiger charge is 2.20. The summed E-state index contributed by atoms with van der Waals surface area (Å²) in [5.41, 5.74) is 4.50. The van der Waals surface area contributed by atoms with E-state index in [2.05, 4.69) is 44.2 Å². The van der Waals surface area contributed by atoms with Crippen LogP contribution in [0.5, 0.6) is 0 Å². The maximum Gasteiger partial charge on any atom is 0.274 e. The number of carbonyl (C=O) groups is 1. The number of H-pyrrole nitrogens is 1. The zero-order valence-electron chi connectivity index (χ0n) is 19.7. The predicted molar refractivity (Wildman–Crippen MR) is 138 cm³/mol. The van der Waals surface area contributed by atoms with Crippen LogP contribution in [0.3, 0.4) is 0 Å². The topological polar surface area (TPSA) is 98.4 Å². The van der Waals surface area contributed by atoms with Gasteiger partial charge in [-0.2, -0.15) is 4.98 Å². The fourth-order valence-corrected chi connectivity index (χ4v) is 5.20. The number of anilines is 3. The van der Waals surface area contributed by atoms with Crippen molar-refractivity contribution in [3.63, 3.8) is 0 Å². The summed E-state index contributed by atoms with van der Waals surface area (Å²) >= 11 is 1.84. The number of hydrogen-bond acceptors (Lipinski definition) is 8. The van der Waals surface area contributed by atoms with Crippen LogP contribution in [0.4, 0.5) is 17.5 Å². The molecule has 3 aromatic rings. The van der Waals surface area contributed by atoms with Gasteiger partial charge in [-0.15, -0.1) is 11.8 Å². The Balaban J connectivity index is 1.33. The SMILES string of the molecule is Cc1[nH]c2ccc(NC(=O)c3cc(NCCN4CCOCC4)nc(N4CCSC4)n3)cc2c1C. The second-order valence-corrected chi connectivity index (χ2v) is 9.78. The Hall–Kier alpha value is -2.82. The van der Waals surface area contributed by atoms with Crippen LogP contribution >= 0.6 is 11.8 Å². The van der Waals surface area contributed by atoms with Gasteiger partial charge in [0.05, 0.1) is 19.1 Å². The van der Waals surface area contributed by atoms with Gasteiger partial charge in [0.2, 0.25) is 5.95 Å². The molecule has 1 aromatic carbocycles.